The lowest BCUT2D eigenvalue weighted by atomic mass is 10.0. The largest absolute Gasteiger partial charge is 0.497 e. The molecule has 1 N–H and O–H groups in total. The van der Waals surface area contributed by atoms with Crippen LogP contribution in [0.5, 0.6) is 5.75 Å². The van der Waals surface area contributed by atoms with Crippen molar-refractivity contribution in [2.24, 2.45) is 7.05 Å². The van der Waals surface area contributed by atoms with E-state index in [9.17, 15) is 4.79 Å². The average Bonchev–Trinajstić information content (AvgIpc) is 3.50. The third kappa shape index (κ3) is 4.12. The molecule has 0 bridgehead atoms. The van der Waals surface area contributed by atoms with E-state index in [0.717, 1.165) is 34.3 Å². The first kappa shape index (κ1) is 20.5. The summed E-state index contributed by atoms with van der Waals surface area (Å²) in [6, 6.07) is 12.9. The van der Waals surface area contributed by atoms with Crippen molar-refractivity contribution in [2.45, 2.75) is 26.4 Å². The average molecular weight is 418 g/mol. The Kier molecular flexibility index (Phi) is 5.66. The molecule has 7 heteroatoms. The second-order valence-electron chi connectivity index (χ2n) is 7.53. The van der Waals surface area contributed by atoms with E-state index in [4.69, 9.17) is 9.15 Å². The highest BCUT2D eigenvalue weighted by Crippen LogP contribution is 2.26. The van der Waals surface area contributed by atoms with Crippen LogP contribution >= 0.6 is 0 Å². The molecule has 31 heavy (non-hydrogen) atoms. The van der Waals surface area contributed by atoms with Gasteiger partial charge in [0.05, 0.1) is 25.5 Å². The molecule has 0 aliphatic carbocycles. The number of aryl methyl sites for hydroxylation is 2. The molecule has 1 unspecified atom stereocenters. The number of aromatic nitrogens is 3. The minimum atomic E-state index is -0.421. The van der Waals surface area contributed by atoms with Gasteiger partial charge in [0.25, 0.3) is 5.91 Å². The van der Waals surface area contributed by atoms with Gasteiger partial charge in [0, 0.05) is 30.8 Å². The lowest BCUT2D eigenvalue weighted by Gasteiger charge is -2.20. The number of hydrogen-bond donors (Lipinski definition) is 1. The molecule has 4 aromatic rings. The van der Waals surface area contributed by atoms with E-state index in [1.54, 1.807) is 19.6 Å². The van der Waals surface area contributed by atoms with Gasteiger partial charge in [0.2, 0.25) is 0 Å². The fourth-order valence-corrected chi connectivity index (χ4v) is 3.81. The van der Waals surface area contributed by atoms with E-state index in [1.165, 1.54) is 0 Å². The van der Waals surface area contributed by atoms with Crippen LogP contribution in [-0.4, -0.2) is 27.1 Å². The van der Waals surface area contributed by atoms with Crippen LogP contribution in [0.2, 0.25) is 0 Å². The number of amides is 1. The molecule has 0 fully saturated rings. The molecular weight excluding hydrogens is 392 g/mol. The zero-order chi connectivity index (χ0) is 22.0. The normalized spacial score (nSPS) is 12.0. The third-order valence-electron chi connectivity index (χ3n) is 5.53. The van der Waals surface area contributed by atoms with Crippen molar-refractivity contribution in [3.05, 3.63) is 95.2 Å². The minimum absolute atomic E-state index is 0.158. The Hall–Kier alpha value is -3.74. The Labute approximate surface area is 181 Å². The molecule has 3 aromatic heterocycles. The molecule has 1 atom stereocenters. The van der Waals surface area contributed by atoms with Crippen LogP contribution < -0.4 is 10.1 Å². The van der Waals surface area contributed by atoms with Crippen LogP contribution in [0.4, 0.5) is 0 Å². The van der Waals surface area contributed by atoms with Crippen LogP contribution in [0, 0.1) is 13.8 Å². The van der Waals surface area contributed by atoms with E-state index in [1.807, 2.05) is 74.1 Å². The first-order valence-electron chi connectivity index (χ1n) is 10.1. The lowest BCUT2D eigenvalue weighted by molar-refractivity contribution is 0.0940. The molecule has 0 saturated carbocycles. The second kappa shape index (κ2) is 8.55. The van der Waals surface area contributed by atoms with Gasteiger partial charge in [-0.2, -0.15) is 0 Å². The molecule has 0 aliphatic heterocycles. The van der Waals surface area contributed by atoms with Gasteiger partial charge in [0.1, 0.15) is 23.4 Å². The minimum Gasteiger partial charge on any atom is -0.497 e. The summed E-state index contributed by atoms with van der Waals surface area (Å²) in [7, 11) is 3.54. The Morgan fingerprint density at radius 3 is 2.74 bits per heavy atom. The maximum absolute atomic E-state index is 13.4. The van der Waals surface area contributed by atoms with Gasteiger partial charge >= 0.3 is 0 Å². The number of nitrogens with zero attached hydrogens (tertiary/aromatic N) is 3. The van der Waals surface area contributed by atoms with E-state index in [0.29, 0.717) is 12.1 Å². The van der Waals surface area contributed by atoms with Crippen molar-refractivity contribution < 1.29 is 13.9 Å². The van der Waals surface area contributed by atoms with Crippen LogP contribution in [0.25, 0.3) is 0 Å². The summed E-state index contributed by atoms with van der Waals surface area (Å²) < 4.78 is 14.8. The smallest absolute Gasteiger partial charge is 0.253 e. The van der Waals surface area contributed by atoms with Crippen molar-refractivity contribution in [3.8, 4) is 5.75 Å². The second-order valence-corrected chi connectivity index (χ2v) is 7.53. The molecule has 0 aliphatic rings. The summed E-state index contributed by atoms with van der Waals surface area (Å²) in [5.41, 5.74) is 3.40. The first-order valence-corrected chi connectivity index (χ1v) is 10.1. The summed E-state index contributed by atoms with van der Waals surface area (Å²) in [6.07, 6.45) is 5.25. The third-order valence-corrected chi connectivity index (χ3v) is 5.53. The molecule has 160 valence electrons. The highest BCUT2D eigenvalue weighted by molar-refractivity contribution is 5.96. The maximum Gasteiger partial charge on any atom is 0.253 e. The van der Waals surface area contributed by atoms with E-state index < -0.39 is 6.04 Å². The van der Waals surface area contributed by atoms with Crippen molar-refractivity contribution in [2.75, 3.05) is 7.11 Å². The van der Waals surface area contributed by atoms with E-state index >= 15 is 0 Å². The zero-order valence-electron chi connectivity index (χ0n) is 18.1. The van der Waals surface area contributed by atoms with Crippen LogP contribution in [0.3, 0.4) is 0 Å². The molecule has 4 rings (SSSR count). The number of furan rings is 1. The van der Waals surface area contributed by atoms with Gasteiger partial charge in [-0.05, 0) is 49.7 Å². The Bertz CT molecular complexity index is 1190. The summed E-state index contributed by atoms with van der Waals surface area (Å²) >= 11 is 0. The molecule has 0 radical (unpaired) electrons. The number of carbonyl (C=O) groups excluding carboxylic acids is 1. The van der Waals surface area contributed by atoms with Crippen LogP contribution in [0.1, 0.15) is 44.9 Å². The quantitative estimate of drug-likeness (QED) is 0.492. The molecule has 0 spiro atoms. The summed E-state index contributed by atoms with van der Waals surface area (Å²) in [5, 5.41) is 3.17. The molecule has 1 amide bonds. The lowest BCUT2D eigenvalue weighted by Crippen LogP contribution is -2.31. The zero-order valence-corrected chi connectivity index (χ0v) is 18.1. The Morgan fingerprint density at radius 1 is 1.23 bits per heavy atom. The number of carbonyl (C=O) groups is 1. The summed E-state index contributed by atoms with van der Waals surface area (Å²) in [5.74, 6) is 2.15. The van der Waals surface area contributed by atoms with Crippen LogP contribution in [0.15, 0.2) is 65.5 Å². The number of rotatable bonds is 7. The molecule has 3 heterocycles. The number of nitrogens with one attached hydrogen (secondary N) is 1. The SMILES string of the molecule is COc1cccc(C(NC(=O)c2cc(C)n(Cc3ccco3)c2C)c2nccn2C)c1. The summed E-state index contributed by atoms with van der Waals surface area (Å²) in [6.45, 7) is 4.52. The fourth-order valence-electron chi connectivity index (χ4n) is 3.81. The summed E-state index contributed by atoms with van der Waals surface area (Å²) in [4.78, 5) is 17.8. The topological polar surface area (TPSA) is 74.2 Å². The maximum atomic E-state index is 13.4. The molecule has 1 aromatic carbocycles. The first-order chi connectivity index (χ1) is 15.0. The molecule has 0 saturated heterocycles. The highest BCUT2D eigenvalue weighted by atomic mass is 16.5. The number of ether oxygens (including phenoxy) is 1. The van der Waals surface area contributed by atoms with Gasteiger partial charge in [-0.15, -0.1) is 0 Å². The van der Waals surface area contributed by atoms with Crippen molar-refractivity contribution in [3.63, 3.8) is 0 Å². The van der Waals surface area contributed by atoms with Gasteiger partial charge in [-0.3, -0.25) is 4.79 Å². The van der Waals surface area contributed by atoms with Gasteiger partial charge in [-0.25, -0.2) is 4.98 Å². The van der Waals surface area contributed by atoms with Crippen LogP contribution in [-0.2, 0) is 13.6 Å². The monoisotopic (exact) mass is 418 g/mol. The standard InChI is InChI=1S/C24H26N4O3/c1-16-13-21(17(2)28(16)15-20-9-6-12-31-20)24(29)26-22(23-25-10-11-27(23)3)18-7-5-8-19(14-18)30-4/h5-14,22H,15H2,1-4H3,(H,26,29). The highest BCUT2D eigenvalue weighted by Gasteiger charge is 2.24. The van der Waals surface area contributed by atoms with E-state index in [-0.39, 0.29) is 5.91 Å². The van der Waals surface area contributed by atoms with Gasteiger partial charge in [0.15, 0.2) is 0 Å². The van der Waals surface area contributed by atoms with Crippen molar-refractivity contribution in [1.82, 2.24) is 19.4 Å². The van der Waals surface area contributed by atoms with Gasteiger partial charge in [-0.1, -0.05) is 12.1 Å². The predicted octanol–water partition coefficient (Wildman–Crippen LogP) is 4.01. The Balaban J connectivity index is 1.66. The van der Waals surface area contributed by atoms with Crippen molar-refractivity contribution in [1.29, 1.82) is 0 Å². The number of benzene rings is 1. The predicted molar refractivity (Wildman–Crippen MR) is 117 cm³/mol. The Morgan fingerprint density at radius 2 is 2.06 bits per heavy atom. The number of hydrogen-bond acceptors (Lipinski definition) is 4. The van der Waals surface area contributed by atoms with Crippen molar-refractivity contribution >= 4 is 5.91 Å². The fraction of sp³-hybridized carbons (Fsp3) is 0.250. The number of imidazole rings is 1. The molecular formula is C24H26N4O3. The van der Waals surface area contributed by atoms with E-state index in [2.05, 4.69) is 14.9 Å². The number of methoxy groups -OCH3 is 1. The molecule has 7 nitrogen and oxygen atoms in total. The van der Waals surface area contributed by atoms with Gasteiger partial charge < -0.3 is 23.6 Å².